The van der Waals surface area contributed by atoms with Crippen molar-refractivity contribution in [1.29, 1.82) is 0 Å². The SMILES string of the molecule is O=C(O)c1cnc2c(Cc3ccccc3)cccc2c1C(F)(F)F. The summed E-state index contributed by atoms with van der Waals surface area (Å²) in [6, 6.07) is 13.7. The fourth-order valence-electron chi connectivity index (χ4n) is 2.71. The lowest BCUT2D eigenvalue weighted by Gasteiger charge is -2.15. The number of alkyl halides is 3. The van der Waals surface area contributed by atoms with E-state index in [9.17, 15) is 18.0 Å². The Labute approximate surface area is 135 Å². The summed E-state index contributed by atoms with van der Waals surface area (Å²) >= 11 is 0. The maximum atomic E-state index is 13.4. The van der Waals surface area contributed by atoms with E-state index in [0.29, 0.717) is 12.0 Å². The molecule has 0 spiro atoms. The third-order valence-electron chi connectivity index (χ3n) is 3.73. The molecule has 0 aliphatic rings. The zero-order chi connectivity index (χ0) is 17.3. The molecule has 0 saturated heterocycles. The van der Waals surface area contributed by atoms with Crippen LogP contribution in [0.3, 0.4) is 0 Å². The molecule has 0 aliphatic heterocycles. The van der Waals surface area contributed by atoms with Crippen LogP contribution in [0.5, 0.6) is 0 Å². The van der Waals surface area contributed by atoms with E-state index >= 15 is 0 Å². The number of benzene rings is 2. The number of hydrogen-bond donors (Lipinski definition) is 1. The molecular formula is C18H12F3NO2. The second-order valence-electron chi connectivity index (χ2n) is 5.33. The molecule has 0 unspecified atom stereocenters. The zero-order valence-corrected chi connectivity index (χ0v) is 12.3. The number of pyridine rings is 1. The normalized spacial score (nSPS) is 11.6. The summed E-state index contributed by atoms with van der Waals surface area (Å²) in [6.07, 6.45) is -3.59. The minimum Gasteiger partial charge on any atom is -0.478 e. The molecule has 0 bridgehead atoms. The number of hydrogen-bond acceptors (Lipinski definition) is 2. The fraction of sp³-hybridized carbons (Fsp3) is 0.111. The Balaban J connectivity index is 2.23. The number of rotatable bonds is 3. The van der Waals surface area contributed by atoms with Crippen molar-refractivity contribution in [3.63, 3.8) is 0 Å². The average Bonchev–Trinajstić information content (AvgIpc) is 2.54. The van der Waals surface area contributed by atoms with E-state index in [-0.39, 0.29) is 10.9 Å². The zero-order valence-electron chi connectivity index (χ0n) is 12.3. The minimum absolute atomic E-state index is 0.165. The topological polar surface area (TPSA) is 50.2 Å². The van der Waals surface area contributed by atoms with E-state index in [1.807, 2.05) is 30.3 Å². The third-order valence-corrected chi connectivity index (χ3v) is 3.73. The minimum atomic E-state index is -4.78. The van der Waals surface area contributed by atoms with Crippen molar-refractivity contribution < 1.29 is 23.1 Å². The van der Waals surface area contributed by atoms with Crippen LogP contribution in [0.1, 0.15) is 27.0 Å². The highest BCUT2D eigenvalue weighted by Gasteiger charge is 2.38. The molecular weight excluding hydrogens is 319 g/mol. The van der Waals surface area contributed by atoms with E-state index in [4.69, 9.17) is 5.11 Å². The van der Waals surface area contributed by atoms with Crippen LogP contribution < -0.4 is 0 Å². The lowest BCUT2D eigenvalue weighted by Crippen LogP contribution is -2.14. The Bertz CT molecular complexity index is 905. The average molecular weight is 331 g/mol. The van der Waals surface area contributed by atoms with Gasteiger partial charge in [0, 0.05) is 11.6 Å². The highest BCUT2D eigenvalue weighted by molar-refractivity contribution is 5.97. The smallest absolute Gasteiger partial charge is 0.417 e. The van der Waals surface area contributed by atoms with E-state index in [1.165, 1.54) is 12.1 Å². The van der Waals surface area contributed by atoms with Gasteiger partial charge >= 0.3 is 12.1 Å². The summed E-state index contributed by atoms with van der Waals surface area (Å²) in [5, 5.41) is 8.85. The van der Waals surface area contributed by atoms with Gasteiger partial charge < -0.3 is 5.11 Å². The molecule has 0 amide bonds. The third kappa shape index (κ3) is 2.95. The molecule has 0 fully saturated rings. The van der Waals surface area contributed by atoms with Crippen molar-refractivity contribution in [1.82, 2.24) is 4.98 Å². The van der Waals surface area contributed by atoms with Crippen LogP contribution in [0.15, 0.2) is 54.7 Å². The van der Waals surface area contributed by atoms with E-state index in [2.05, 4.69) is 4.98 Å². The van der Waals surface area contributed by atoms with Crippen LogP contribution in [0.25, 0.3) is 10.9 Å². The first-order chi connectivity index (χ1) is 11.4. The van der Waals surface area contributed by atoms with Gasteiger partial charge in [0.15, 0.2) is 0 Å². The lowest BCUT2D eigenvalue weighted by molar-refractivity contribution is -0.136. The number of carboxylic acid groups (broad SMARTS) is 1. The van der Waals surface area contributed by atoms with Crippen molar-refractivity contribution in [2.75, 3.05) is 0 Å². The van der Waals surface area contributed by atoms with Gasteiger partial charge in [-0.05, 0) is 17.5 Å². The van der Waals surface area contributed by atoms with Crippen molar-refractivity contribution in [2.45, 2.75) is 12.6 Å². The number of para-hydroxylation sites is 1. The van der Waals surface area contributed by atoms with Gasteiger partial charge in [-0.1, -0.05) is 48.5 Å². The molecule has 0 atom stereocenters. The number of fused-ring (bicyclic) bond motifs is 1. The van der Waals surface area contributed by atoms with Gasteiger partial charge in [0.1, 0.15) is 0 Å². The molecule has 3 aromatic rings. The van der Waals surface area contributed by atoms with Crippen LogP contribution in [-0.2, 0) is 12.6 Å². The molecule has 2 aromatic carbocycles. The maximum Gasteiger partial charge on any atom is 0.417 e. The van der Waals surface area contributed by atoms with Crippen molar-refractivity contribution in [3.05, 3.63) is 77.0 Å². The largest absolute Gasteiger partial charge is 0.478 e. The molecule has 1 aromatic heterocycles. The second kappa shape index (κ2) is 5.96. The van der Waals surface area contributed by atoms with E-state index in [1.54, 1.807) is 6.07 Å². The number of aromatic carboxylic acids is 1. The fourth-order valence-corrected chi connectivity index (χ4v) is 2.71. The standard InChI is InChI=1S/C18H12F3NO2/c19-18(20,21)15-13-8-4-7-12(9-11-5-2-1-3-6-11)16(13)22-10-14(15)17(23)24/h1-8,10H,9H2,(H,23,24). The van der Waals surface area contributed by atoms with Gasteiger partial charge in [-0.2, -0.15) is 13.2 Å². The van der Waals surface area contributed by atoms with Crippen LogP contribution in [0.4, 0.5) is 13.2 Å². The van der Waals surface area contributed by atoms with Crippen LogP contribution in [0.2, 0.25) is 0 Å². The predicted molar refractivity (Wildman–Crippen MR) is 83.0 cm³/mol. The Morgan fingerprint density at radius 2 is 1.75 bits per heavy atom. The van der Waals surface area contributed by atoms with Crippen LogP contribution >= 0.6 is 0 Å². The van der Waals surface area contributed by atoms with Gasteiger partial charge in [0.05, 0.1) is 16.6 Å². The first-order valence-electron chi connectivity index (χ1n) is 7.13. The summed E-state index contributed by atoms with van der Waals surface area (Å²) in [5.74, 6) is -1.65. The number of aromatic nitrogens is 1. The summed E-state index contributed by atoms with van der Waals surface area (Å²) in [4.78, 5) is 15.1. The van der Waals surface area contributed by atoms with Gasteiger partial charge in [0.25, 0.3) is 0 Å². The van der Waals surface area contributed by atoms with Crippen LogP contribution in [0, 0.1) is 0 Å². The molecule has 0 saturated carbocycles. The highest BCUT2D eigenvalue weighted by atomic mass is 19.4. The van der Waals surface area contributed by atoms with Crippen LogP contribution in [-0.4, -0.2) is 16.1 Å². The predicted octanol–water partition coefficient (Wildman–Crippen LogP) is 4.54. The summed E-state index contributed by atoms with van der Waals surface area (Å²) in [7, 11) is 0. The Morgan fingerprint density at radius 1 is 1.04 bits per heavy atom. The lowest BCUT2D eigenvalue weighted by atomic mass is 9.97. The molecule has 122 valence electrons. The van der Waals surface area contributed by atoms with E-state index in [0.717, 1.165) is 11.8 Å². The Morgan fingerprint density at radius 3 is 2.38 bits per heavy atom. The van der Waals surface area contributed by atoms with E-state index < -0.39 is 23.3 Å². The molecule has 0 aliphatic carbocycles. The molecule has 1 heterocycles. The highest BCUT2D eigenvalue weighted by Crippen LogP contribution is 2.37. The van der Waals surface area contributed by atoms with Crippen molar-refractivity contribution in [2.24, 2.45) is 0 Å². The van der Waals surface area contributed by atoms with Gasteiger partial charge in [-0.25, -0.2) is 4.79 Å². The van der Waals surface area contributed by atoms with Crippen molar-refractivity contribution >= 4 is 16.9 Å². The van der Waals surface area contributed by atoms with Crippen molar-refractivity contribution in [3.8, 4) is 0 Å². The molecule has 3 nitrogen and oxygen atoms in total. The molecule has 0 radical (unpaired) electrons. The first kappa shape index (κ1) is 16.0. The van der Waals surface area contributed by atoms with Gasteiger partial charge in [-0.3, -0.25) is 4.98 Å². The summed E-state index contributed by atoms with van der Waals surface area (Å²) in [5.41, 5.74) is -0.288. The number of carbonyl (C=O) groups is 1. The number of halogens is 3. The molecule has 6 heteroatoms. The number of nitrogens with zero attached hydrogens (tertiary/aromatic N) is 1. The monoisotopic (exact) mass is 331 g/mol. The quantitative estimate of drug-likeness (QED) is 0.766. The summed E-state index contributed by atoms with van der Waals surface area (Å²) in [6.45, 7) is 0. The molecule has 3 rings (SSSR count). The Kier molecular flexibility index (Phi) is 3.97. The van der Waals surface area contributed by atoms with Gasteiger partial charge in [0.2, 0.25) is 0 Å². The summed E-state index contributed by atoms with van der Waals surface area (Å²) < 4.78 is 40.2. The number of carboxylic acids is 1. The Hall–Kier alpha value is -2.89. The second-order valence-corrected chi connectivity index (χ2v) is 5.33. The van der Waals surface area contributed by atoms with Gasteiger partial charge in [-0.15, -0.1) is 0 Å². The molecule has 1 N–H and O–H groups in total. The molecule has 24 heavy (non-hydrogen) atoms. The first-order valence-corrected chi connectivity index (χ1v) is 7.13. The maximum absolute atomic E-state index is 13.4.